The number of nitrogens with zero attached hydrogens (tertiary/aromatic N) is 2. The van der Waals surface area contributed by atoms with Crippen LogP contribution in [0.4, 0.5) is 4.39 Å². The number of aromatic nitrogens is 2. The van der Waals surface area contributed by atoms with Crippen molar-refractivity contribution in [1.82, 2.24) is 15.5 Å². The number of carbonyl (C=O) groups is 1. The molecule has 0 saturated carbocycles. The third-order valence-electron chi connectivity index (χ3n) is 3.85. The summed E-state index contributed by atoms with van der Waals surface area (Å²) in [7, 11) is 0. The second-order valence-electron chi connectivity index (χ2n) is 5.80. The van der Waals surface area contributed by atoms with E-state index in [1.54, 1.807) is 12.1 Å². The lowest BCUT2D eigenvalue weighted by Gasteiger charge is -2.11. The van der Waals surface area contributed by atoms with Gasteiger partial charge >= 0.3 is 0 Å². The molecule has 0 radical (unpaired) electrons. The van der Waals surface area contributed by atoms with Gasteiger partial charge in [-0.2, -0.15) is 0 Å². The lowest BCUT2D eigenvalue weighted by molar-refractivity contribution is -0.121. The molecular weight excluding hydrogens is 321 g/mol. The van der Waals surface area contributed by atoms with Crippen LogP contribution >= 0.6 is 0 Å². The predicted molar refractivity (Wildman–Crippen MR) is 91.0 cm³/mol. The number of hydrogen-bond acceptors (Lipinski definition) is 4. The number of rotatable bonds is 6. The highest BCUT2D eigenvalue weighted by atomic mass is 19.1. The molecule has 25 heavy (non-hydrogen) atoms. The molecule has 1 amide bonds. The van der Waals surface area contributed by atoms with Gasteiger partial charge in [-0.1, -0.05) is 37.3 Å². The second-order valence-corrected chi connectivity index (χ2v) is 5.80. The van der Waals surface area contributed by atoms with E-state index in [4.69, 9.17) is 4.42 Å². The number of hydrogen-bond donors (Lipinski definition) is 1. The summed E-state index contributed by atoms with van der Waals surface area (Å²) in [4.78, 5) is 12.1. The Bertz CT molecular complexity index is 831. The third kappa shape index (κ3) is 4.50. The highest BCUT2D eigenvalue weighted by Gasteiger charge is 2.13. The van der Waals surface area contributed by atoms with Crippen LogP contribution in [0.3, 0.4) is 0 Å². The van der Waals surface area contributed by atoms with Crippen LogP contribution in [0.5, 0.6) is 0 Å². The Morgan fingerprint density at radius 1 is 1.12 bits per heavy atom. The summed E-state index contributed by atoms with van der Waals surface area (Å²) in [5.41, 5.74) is 1.75. The van der Waals surface area contributed by atoms with Gasteiger partial charge in [-0.05, 0) is 35.7 Å². The molecule has 5 nitrogen and oxygen atoms in total. The number of amides is 1. The first kappa shape index (κ1) is 16.8. The van der Waals surface area contributed by atoms with Gasteiger partial charge in [0, 0.05) is 12.0 Å². The molecule has 3 rings (SSSR count). The van der Waals surface area contributed by atoms with Crippen molar-refractivity contribution in [2.24, 2.45) is 0 Å². The highest BCUT2D eigenvalue weighted by molar-refractivity contribution is 5.76. The SMILES string of the molecule is CC(CC(=O)NCc1nnc(-c2ccccc2)o1)c1ccc(F)cc1. The minimum atomic E-state index is -0.286. The van der Waals surface area contributed by atoms with Crippen molar-refractivity contribution in [2.75, 3.05) is 0 Å². The standard InChI is InChI=1S/C19H18FN3O2/c1-13(14-7-9-16(20)10-8-14)11-17(24)21-12-18-22-23-19(25-18)15-5-3-2-4-6-15/h2-10,13H,11-12H2,1H3,(H,21,24). The zero-order valence-electron chi connectivity index (χ0n) is 13.8. The number of nitrogens with one attached hydrogen (secondary N) is 1. The number of benzene rings is 2. The first-order valence-corrected chi connectivity index (χ1v) is 8.02. The van der Waals surface area contributed by atoms with Crippen LogP contribution in [-0.4, -0.2) is 16.1 Å². The smallest absolute Gasteiger partial charge is 0.247 e. The van der Waals surface area contributed by atoms with Crippen LogP contribution in [0.25, 0.3) is 11.5 Å². The van der Waals surface area contributed by atoms with E-state index in [1.807, 2.05) is 37.3 Å². The summed E-state index contributed by atoms with van der Waals surface area (Å²) in [6.45, 7) is 2.10. The molecule has 6 heteroatoms. The maximum Gasteiger partial charge on any atom is 0.247 e. The molecule has 0 aliphatic carbocycles. The lowest BCUT2D eigenvalue weighted by Crippen LogP contribution is -2.24. The average Bonchev–Trinajstić information content (AvgIpc) is 3.10. The fourth-order valence-electron chi connectivity index (χ4n) is 2.46. The van der Waals surface area contributed by atoms with E-state index in [0.717, 1.165) is 11.1 Å². The van der Waals surface area contributed by atoms with Crippen molar-refractivity contribution < 1.29 is 13.6 Å². The number of halogens is 1. The molecule has 0 saturated heterocycles. The van der Waals surface area contributed by atoms with Crippen molar-refractivity contribution >= 4 is 5.91 Å². The van der Waals surface area contributed by atoms with Crippen LogP contribution in [0, 0.1) is 5.82 Å². The zero-order chi connectivity index (χ0) is 17.6. The van der Waals surface area contributed by atoms with E-state index in [-0.39, 0.29) is 24.2 Å². The van der Waals surface area contributed by atoms with Gasteiger partial charge in [-0.3, -0.25) is 4.79 Å². The molecule has 0 spiro atoms. The van der Waals surface area contributed by atoms with Gasteiger partial charge < -0.3 is 9.73 Å². The van der Waals surface area contributed by atoms with Crippen LogP contribution in [-0.2, 0) is 11.3 Å². The quantitative estimate of drug-likeness (QED) is 0.744. The topological polar surface area (TPSA) is 68.0 Å². The van der Waals surface area contributed by atoms with E-state index >= 15 is 0 Å². The Morgan fingerprint density at radius 3 is 2.56 bits per heavy atom. The normalized spacial score (nSPS) is 11.9. The molecule has 1 aromatic heterocycles. The Hall–Kier alpha value is -3.02. The Morgan fingerprint density at radius 2 is 1.84 bits per heavy atom. The van der Waals surface area contributed by atoms with E-state index in [9.17, 15) is 9.18 Å². The Balaban J connectivity index is 1.52. The fourth-order valence-corrected chi connectivity index (χ4v) is 2.46. The fraction of sp³-hybridized carbons (Fsp3) is 0.211. The molecule has 1 heterocycles. The Kier molecular flexibility index (Phi) is 5.18. The number of carbonyl (C=O) groups excluding carboxylic acids is 1. The van der Waals surface area contributed by atoms with Gasteiger partial charge in [0.05, 0.1) is 6.54 Å². The average molecular weight is 339 g/mol. The van der Waals surface area contributed by atoms with Gasteiger partial charge in [-0.25, -0.2) is 4.39 Å². The van der Waals surface area contributed by atoms with Crippen LogP contribution in [0.15, 0.2) is 59.0 Å². The van der Waals surface area contributed by atoms with Crippen molar-refractivity contribution in [2.45, 2.75) is 25.8 Å². The maximum atomic E-state index is 12.9. The minimum absolute atomic E-state index is 0.0110. The summed E-state index contributed by atoms with van der Waals surface area (Å²) in [5, 5.41) is 10.7. The predicted octanol–water partition coefficient (Wildman–Crippen LogP) is 3.69. The van der Waals surface area contributed by atoms with Crippen molar-refractivity contribution in [1.29, 1.82) is 0 Å². The molecule has 0 bridgehead atoms. The van der Waals surface area contributed by atoms with Gasteiger partial charge in [0.2, 0.25) is 17.7 Å². The van der Waals surface area contributed by atoms with E-state index in [1.165, 1.54) is 12.1 Å². The van der Waals surface area contributed by atoms with Crippen LogP contribution in [0.1, 0.15) is 30.7 Å². The van der Waals surface area contributed by atoms with Gasteiger partial charge in [-0.15, -0.1) is 10.2 Å². The minimum Gasteiger partial charge on any atom is -0.419 e. The molecule has 0 aliphatic rings. The van der Waals surface area contributed by atoms with E-state index in [2.05, 4.69) is 15.5 Å². The summed E-state index contributed by atoms with van der Waals surface area (Å²) in [5.74, 6) is 0.344. The molecular formula is C19H18FN3O2. The molecule has 3 aromatic rings. The molecule has 2 aromatic carbocycles. The highest BCUT2D eigenvalue weighted by Crippen LogP contribution is 2.19. The van der Waals surface area contributed by atoms with Crippen LogP contribution < -0.4 is 5.32 Å². The summed E-state index contributed by atoms with van der Waals surface area (Å²) < 4.78 is 18.5. The monoisotopic (exact) mass is 339 g/mol. The van der Waals surface area contributed by atoms with Crippen molar-refractivity contribution in [3.63, 3.8) is 0 Å². The summed E-state index contributed by atoms with van der Waals surface area (Å²) >= 11 is 0. The molecule has 1 N–H and O–H groups in total. The van der Waals surface area contributed by atoms with Gasteiger partial charge in [0.15, 0.2) is 0 Å². The molecule has 128 valence electrons. The van der Waals surface area contributed by atoms with Gasteiger partial charge in [0.25, 0.3) is 0 Å². The molecule has 1 atom stereocenters. The lowest BCUT2D eigenvalue weighted by atomic mass is 9.97. The summed E-state index contributed by atoms with van der Waals surface area (Å²) in [6, 6.07) is 15.6. The van der Waals surface area contributed by atoms with E-state index in [0.29, 0.717) is 18.2 Å². The molecule has 0 aliphatic heterocycles. The molecule has 1 unspecified atom stereocenters. The molecule has 0 fully saturated rings. The van der Waals surface area contributed by atoms with Crippen LogP contribution in [0.2, 0.25) is 0 Å². The first-order valence-electron chi connectivity index (χ1n) is 8.02. The maximum absolute atomic E-state index is 12.9. The van der Waals surface area contributed by atoms with E-state index < -0.39 is 0 Å². The third-order valence-corrected chi connectivity index (χ3v) is 3.85. The summed E-state index contributed by atoms with van der Waals surface area (Å²) in [6.07, 6.45) is 0.297. The van der Waals surface area contributed by atoms with Crippen molar-refractivity contribution in [3.05, 3.63) is 71.9 Å². The Labute approximate surface area is 144 Å². The largest absolute Gasteiger partial charge is 0.419 e. The first-order chi connectivity index (χ1) is 12.1. The second kappa shape index (κ2) is 7.70. The van der Waals surface area contributed by atoms with Gasteiger partial charge in [0.1, 0.15) is 5.82 Å². The van der Waals surface area contributed by atoms with Crippen molar-refractivity contribution in [3.8, 4) is 11.5 Å². The zero-order valence-corrected chi connectivity index (χ0v) is 13.8.